The summed E-state index contributed by atoms with van der Waals surface area (Å²) in [4.78, 5) is 38.7. The summed E-state index contributed by atoms with van der Waals surface area (Å²) in [6.45, 7) is 12.5. The Morgan fingerprint density at radius 3 is 2.11 bits per heavy atom. The molecule has 2 saturated heterocycles. The Morgan fingerprint density at radius 2 is 1.46 bits per heavy atom. The van der Waals surface area contributed by atoms with E-state index in [-0.39, 0.29) is 40.4 Å². The van der Waals surface area contributed by atoms with E-state index in [4.69, 9.17) is 18.9 Å². The first kappa shape index (κ1) is 42.1. The van der Waals surface area contributed by atoms with Gasteiger partial charge in [0.05, 0.1) is 29.6 Å². The average molecular weight is 795 g/mol. The van der Waals surface area contributed by atoms with Gasteiger partial charge in [-0.25, -0.2) is 4.79 Å². The molecule has 3 unspecified atom stereocenters. The molecule has 8 N–H and O–H groups in total. The molecule has 56 heavy (non-hydrogen) atoms. The number of carboxylic acid groups (broad SMARTS) is 2. The molecule has 0 aromatic rings. The van der Waals surface area contributed by atoms with Crippen molar-refractivity contribution in [1.29, 1.82) is 0 Å². The SMILES string of the molecule is CC1(C)CC[C@]2(C(=O)O)CC[C@]3(C)C(=CCC4[C@@]5(C)C[C@H](O)[C@H](O[C@@H]6O[C@H](C(=O)O)[C@@H](O)[C@H](O)[C@H]6O[C@@H]6OC[C@H](O)[C@H](O)[C@H]6O)[C@@](C)(C=O)C5CC[C@]43C)C2C1. The van der Waals surface area contributed by atoms with Crippen molar-refractivity contribution in [3.05, 3.63) is 11.6 Å². The maximum atomic E-state index is 13.5. The highest BCUT2D eigenvalue weighted by atomic mass is 16.8. The number of rotatable bonds is 7. The van der Waals surface area contributed by atoms with Crippen LogP contribution in [0.1, 0.15) is 99.3 Å². The highest BCUT2D eigenvalue weighted by molar-refractivity contribution is 5.76. The molecular formula is C41H62O15. The lowest BCUT2D eigenvalue weighted by atomic mass is 9.33. The van der Waals surface area contributed by atoms with E-state index in [9.17, 15) is 55.2 Å². The van der Waals surface area contributed by atoms with E-state index in [1.165, 1.54) is 5.57 Å². The quantitative estimate of drug-likeness (QED) is 0.104. The summed E-state index contributed by atoms with van der Waals surface area (Å²) in [6.07, 6.45) is -9.80. The normalized spacial score (nSPS) is 54.0. The summed E-state index contributed by atoms with van der Waals surface area (Å²) in [7, 11) is 0. The van der Waals surface area contributed by atoms with Crippen LogP contribution in [-0.4, -0.2) is 133 Å². The standard InChI is InChI=1S/C41H62O15/c1-36(2)11-13-41(35(51)52)14-12-39(5)19(20(41)15-36)7-8-24-37(3)16-21(43)31(38(4,18-42)23(37)9-10-40(24,39)6)56-34-30(27(47)26(46)29(54-34)32(49)50)55-33-28(48)25(45)22(44)17-53-33/h7,18,20-31,33-34,43-48H,8-17H2,1-6H3,(H,49,50)(H,51,52)/t20?,21-,22-,23?,24?,25-,26-,27-,28+,29-,30+,31-,33-,34-,37-,38-,39+,40+,41-/m0/s1. The van der Waals surface area contributed by atoms with Gasteiger partial charge < -0.3 is 64.6 Å². The summed E-state index contributed by atoms with van der Waals surface area (Å²) in [5.41, 5.74) is -2.09. The van der Waals surface area contributed by atoms with Gasteiger partial charge in [0, 0.05) is 0 Å². The van der Waals surface area contributed by atoms with E-state index in [2.05, 4.69) is 40.7 Å². The number of aldehydes is 1. The second-order valence-corrected chi connectivity index (χ2v) is 20.1. The van der Waals surface area contributed by atoms with Gasteiger partial charge in [-0.2, -0.15) is 0 Å². The molecule has 0 amide bonds. The lowest BCUT2D eigenvalue weighted by Crippen LogP contribution is -2.69. The molecule has 2 heterocycles. The van der Waals surface area contributed by atoms with E-state index in [0.29, 0.717) is 25.7 Å². The maximum Gasteiger partial charge on any atom is 0.335 e. The van der Waals surface area contributed by atoms with Crippen LogP contribution in [0.3, 0.4) is 0 Å². The molecule has 0 bridgehead atoms. The Kier molecular flexibility index (Phi) is 10.5. The van der Waals surface area contributed by atoms with Crippen molar-refractivity contribution in [2.45, 2.75) is 167 Å². The summed E-state index contributed by atoms with van der Waals surface area (Å²) < 4.78 is 23.2. The lowest BCUT2D eigenvalue weighted by molar-refractivity contribution is -0.369. The van der Waals surface area contributed by atoms with Crippen LogP contribution in [0.25, 0.3) is 0 Å². The van der Waals surface area contributed by atoms with Gasteiger partial charge in [-0.3, -0.25) is 4.79 Å². The smallest absolute Gasteiger partial charge is 0.335 e. The van der Waals surface area contributed by atoms with Crippen molar-refractivity contribution in [2.24, 2.45) is 50.2 Å². The molecule has 7 rings (SSSR count). The number of carboxylic acids is 2. The molecule has 5 aliphatic carbocycles. The summed E-state index contributed by atoms with van der Waals surface area (Å²) in [5.74, 6) is -2.73. The molecule has 0 radical (unpaired) electrons. The van der Waals surface area contributed by atoms with E-state index < -0.39 is 102 Å². The largest absolute Gasteiger partial charge is 0.481 e. The number of aliphatic hydroxyl groups excluding tert-OH is 6. The predicted molar refractivity (Wildman–Crippen MR) is 194 cm³/mol. The number of fused-ring (bicyclic) bond motifs is 7. The fourth-order valence-electron chi connectivity index (χ4n) is 13.4. The average Bonchev–Trinajstić information content (AvgIpc) is 3.12. The Labute approximate surface area is 327 Å². The summed E-state index contributed by atoms with van der Waals surface area (Å²) in [6, 6.07) is 0. The fourth-order valence-corrected chi connectivity index (χ4v) is 13.4. The Morgan fingerprint density at radius 1 is 0.786 bits per heavy atom. The summed E-state index contributed by atoms with van der Waals surface area (Å²) in [5, 5.41) is 85.4. The van der Waals surface area contributed by atoms with Crippen molar-refractivity contribution in [3.8, 4) is 0 Å². The van der Waals surface area contributed by atoms with Gasteiger partial charge in [-0.1, -0.05) is 53.2 Å². The van der Waals surface area contributed by atoms with Crippen molar-refractivity contribution in [1.82, 2.24) is 0 Å². The molecule has 0 spiro atoms. The third kappa shape index (κ3) is 6.00. The molecule has 19 atom stereocenters. The number of carbonyl (C=O) groups is 3. The van der Waals surface area contributed by atoms with Crippen LogP contribution in [0.5, 0.6) is 0 Å². The van der Waals surface area contributed by atoms with Crippen molar-refractivity contribution >= 4 is 18.2 Å². The van der Waals surface area contributed by atoms with E-state index in [1.807, 2.05) is 0 Å². The number of hydrogen-bond acceptors (Lipinski definition) is 13. The zero-order valence-electron chi connectivity index (χ0n) is 33.2. The van der Waals surface area contributed by atoms with E-state index in [1.54, 1.807) is 6.92 Å². The molecule has 2 aliphatic heterocycles. The first-order valence-corrected chi connectivity index (χ1v) is 20.3. The van der Waals surface area contributed by atoms with Crippen LogP contribution >= 0.6 is 0 Å². The zero-order chi connectivity index (χ0) is 41.1. The van der Waals surface area contributed by atoms with Crippen LogP contribution in [0.15, 0.2) is 11.6 Å². The van der Waals surface area contributed by atoms with Gasteiger partial charge in [-0.15, -0.1) is 0 Å². The minimum absolute atomic E-state index is 0.00777. The second kappa shape index (κ2) is 14.0. The topological polar surface area (TPSA) is 250 Å². The van der Waals surface area contributed by atoms with Crippen LogP contribution < -0.4 is 0 Å². The van der Waals surface area contributed by atoms with Crippen molar-refractivity contribution in [2.75, 3.05) is 6.61 Å². The van der Waals surface area contributed by atoms with Crippen LogP contribution in [-0.2, 0) is 33.3 Å². The van der Waals surface area contributed by atoms with Gasteiger partial charge in [0.25, 0.3) is 0 Å². The molecule has 15 heteroatoms. The molecule has 0 aromatic carbocycles. The molecule has 316 valence electrons. The van der Waals surface area contributed by atoms with E-state index >= 15 is 0 Å². The lowest BCUT2D eigenvalue weighted by Gasteiger charge is -2.71. The molecular weight excluding hydrogens is 732 g/mol. The van der Waals surface area contributed by atoms with Gasteiger partial charge >= 0.3 is 11.9 Å². The third-order valence-electron chi connectivity index (χ3n) is 16.8. The number of aliphatic carboxylic acids is 2. The maximum absolute atomic E-state index is 13.5. The number of allylic oxidation sites excluding steroid dienone is 2. The van der Waals surface area contributed by atoms with Gasteiger partial charge in [-0.05, 0) is 97.2 Å². The monoisotopic (exact) mass is 794 g/mol. The molecule has 7 aliphatic rings. The number of aliphatic hydroxyl groups is 6. The minimum atomic E-state index is -2.02. The van der Waals surface area contributed by atoms with Gasteiger partial charge in [0.2, 0.25) is 0 Å². The first-order chi connectivity index (χ1) is 26.0. The zero-order valence-corrected chi connectivity index (χ0v) is 33.2. The minimum Gasteiger partial charge on any atom is -0.481 e. The third-order valence-corrected chi connectivity index (χ3v) is 16.8. The van der Waals surface area contributed by atoms with Crippen LogP contribution in [0.2, 0.25) is 0 Å². The molecule has 0 aromatic heterocycles. The summed E-state index contributed by atoms with van der Waals surface area (Å²) >= 11 is 0. The highest BCUT2D eigenvalue weighted by Crippen LogP contribution is 2.76. The first-order valence-electron chi connectivity index (χ1n) is 20.3. The number of hydrogen-bond donors (Lipinski definition) is 8. The van der Waals surface area contributed by atoms with Gasteiger partial charge in [0.1, 0.15) is 42.9 Å². The second-order valence-electron chi connectivity index (χ2n) is 20.1. The Hall–Kier alpha value is -2.05. The number of carbonyl (C=O) groups excluding carboxylic acids is 1. The molecule has 6 fully saturated rings. The Balaban J connectivity index is 1.20. The Bertz CT molecular complexity index is 1600. The van der Waals surface area contributed by atoms with Gasteiger partial charge in [0.15, 0.2) is 18.7 Å². The predicted octanol–water partition coefficient (Wildman–Crippen LogP) is 1.76. The van der Waals surface area contributed by atoms with Crippen LogP contribution in [0, 0.1) is 50.2 Å². The number of ether oxygens (including phenoxy) is 4. The van der Waals surface area contributed by atoms with Crippen molar-refractivity contribution in [3.63, 3.8) is 0 Å². The fraction of sp³-hybridized carbons (Fsp3) is 0.878. The molecule has 4 saturated carbocycles. The highest BCUT2D eigenvalue weighted by Gasteiger charge is 2.71. The molecule has 15 nitrogen and oxygen atoms in total. The van der Waals surface area contributed by atoms with E-state index in [0.717, 1.165) is 32.0 Å². The van der Waals surface area contributed by atoms with Crippen molar-refractivity contribution < 1.29 is 74.2 Å². The van der Waals surface area contributed by atoms with Crippen LogP contribution in [0.4, 0.5) is 0 Å².